The van der Waals surface area contributed by atoms with Crippen molar-refractivity contribution in [3.8, 4) is 0 Å². The van der Waals surface area contributed by atoms with Crippen molar-refractivity contribution in [3.63, 3.8) is 0 Å². The van der Waals surface area contributed by atoms with Crippen molar-refractivity contribution < 1.29 is 0 Å². The molecule has 1 aromatic heterocycles. The van der Waals surface area contributed by atoms with Gasteiger partial charge in [0, 0.05) is 18.0 Å². The third-order valence-electron chi connectivity index (χ3n) is 1.21. The zero-order valence-corrected chi connectivity index (χ0v) is 6.82. The van der Waals surface area contributed by atoms with Crippen LogP contribution in [-0.4, -0.2) is 17.0 Å². The molecule has 0 unspecified atom stereocenters. The topological polar surface area (TPSA) is 12.9 Å². The molecule has 0 aromatic carbocycles. The Morgan fingerprint density at radius 3 is 3.20 bits per heavy atom. The lowest BCUT2D eigenvalue weighted by Crippen LogP contribution is -1.90. The predicted molar refractivity (Wildman–Crippen MR) is 45.2 cm³/mol. The van der Waals surface area contributed by atoms with Gasteiger partial charge in [0.05, 0.1) is 0 Å². The van der Waals surface area contributed by atoms with Crippen molar-refractivity contribution >= 4 is 11.8 Å². The molecule has 0 N–H and O–H groups in total. The van der Waals surface area contributed by atoms with Gasteiger partial charge < -0.3 is 0 Å². The van der Waals surface area contributed by atoms with Crippen molar-refractivity contribution in [2.75, 3.05) is 12.0 Å². The van der Waals surface area contributed by atoms with E-state index in [4.69, 9.17) is 0 Å². The van der Waals surface area contributed by atoms with E-state index < -0.39 is 0 Å². The molecule has 0 bridgehead atoms. The van der Waals surface area contributed by atoms with Crippen molar-refractivity contribution in [3.05, 3.63) is 30.1 Å². The standard InChI is InChI=1S/C8H10NS/c1-10-7-5-8-4-2-3-6-9-8/h2-3,6H,5,7H2,1H3. The third-order valence-corrected chi connectivity index (χ3v) is 1.82. The second kappa shape index (κ2) is 4.34. The third kappa shape index (κ3) is 2.40. The summed E-state index contributed by atoms with van der Waals surface area (Å²) in [7, 11) is 0. The first-order valence-corrected chi connectivity index (χ1v) is 4.63. The zero-order valence-electron chi connectivity index (χ0n) is 6.00. The number of hydrogen-bond donors (Lipinski definition) is 0. The van der Waals surface area contributed by atoms with E-state index in [2.05, 4.69) is 17.3 Å². The van der Waals surface area contributed by atoms with Gasteiger partial charge in [0.1, 0.15) is 0 Å². The lowest BCUT2D eigenvalue weighted by Gasteiger charge is -1.94. The Kier molecular flexibility index (Phi) is 3.30. The first kappa shape index (κ1) is 7.61. The van der Waals surface area contributed by atoms with E-state index in [0.717, 1.165) is 17.9 Å². The van der Waals surface area contributed by atoms with E-state index in [1.54, 1.807) is 0 Å². The Hall–Kier alpha value is -0.500. The quantitative estimate of drug-likeness (QED) is 0.655. The van der Waals surface area contributed by atoms with E-state index in [1.807, 2.05) is 30.1 Å². The summed E-state index contributed by atoms with van der Waals surface area (Å²) in [5.41, 5.74) is 1.07. The first-order chi connectivity index (χ1) is 4.93. The van der Waals surface area contributed by atoms with E-state index in [-0.39, 0.29) is 0 Å². The molecule has 1 rings (SSSR count). The molecule has 0 aliphatic carbocycles. The van der Waals surface area contributed by atoms with Crippen molar-refractivity contribution in [1.29, 1.82) is 0 Å². The Morgan fingerprint density at radius 2 is 2.60 bits per heavy atom. The molecule has 1 nitrogen and oxygen atoms in total. The van der Waals surface area contributed by atoms with Crippen molar-refractivity contribution in [2.45, 2.75) is 6.42 Å². The predicted octanol–water partition coefficient (Wildman–Crippen LogP) is 1.79. The number of thioether (sulfide) groups is 1. The van der Waals surface area contributed by atoms with Gasteiger partial charge in [-0.25, -0.2) is 0 Å². The fourth-order valence-electron chi connectivity index (χ4n) is 0.693. The van der Waals surface area contributed by atoms with Crippen LogP contribution in [0.1, 0.15) is 5.69 Å². The van der Waals surface area contributed by atoms with Crippen molar-refractivity contribution in [1.82, 2.24) is 4.98 Å². The number of rotatable bonds is 3. The smallest absolute Gasteiger partial charge is 0.0490 e. The van der Waals surface area contributed by atoms with Crippen molar-refractivity contribution in [2.24, 2.45) is 0 Å². The number of aromatic nitrogens is 1. The molecule has 0 atom stereocenters. The summed E-state index contributed by atoms with van der Waals surface area (Å²) >= 11 is 1.84. The molecule has 0 fully saturated rings. The highest BCUT2D eigenvalue weighted by Gasteiger charge is 1.89. The lowest BCUT2D eigenvalue weighted by molar-refractivity contribution is 1.04. The van der Waals surface area contributed by atoms with E-state index in [1.165, 1.54) is 0 Å². The Labute approximate surface area is 65.9 Å². The summed E-state index contributed by atoms with van der Waals surface area (Å²) in [6.45, 7) is 0. The summed E-state index contributed by atoms with van der Waals surface area (Å²) in [6, 6.07) is 6.88. The summed E-state index contributed by atoms with van der Waals surface area (Å²) in [4.78, 5) is 4.15. The van der Waals surface area contributed by atoms with Crippen LogP contribution >= 0.6 is 11.8 Å². The summed E-state index contributed by atoms with van der Waals surface area (Å²) in [5.74, 6) is 1.13. The molecule has 0 spiro atoms. The Balaban J connectivity index is 2.43. The lowest BCUT2D eigenvalue weighted by atomic mass is 10.3. The maximum absolute atomic E-state index is 4.15. The summed E-state index contributed by atoms with van der Waals surface area (Å²) in [5, 5.41) is 0. The van der Waals surface area contributed by atoms with Crippen LogP contribution in [0.25, 0.3) is 0 Å². The molecule has 1 radical (unpaired) electrons. The van der Waals surface area contributed by atoms with Gasteiger partial charge in [-0.1, -0.05) is 6.07 Å². The second-order valence-electron chi connectivity index (χ2n) is 1.97. The first-order valence-electron chi connectivity index (χ1n) is 3.24. The highest BCUT2D eigenvalue weighted by Crippen LogP contribution is 1.99. The number of aryl methyl sites for hydroxylation is 1. The molecule has 1 heterocycles. The Bertz CT molecular complexity index is 174. The molecule has 0 aliphatic rings. The van der Waals surface area contributed by atoms with Crippen LogP contribution < -0.4 is 0 Å². The number of pyridine rings is 1. The fourth-order valence-corrected chi connectivity index (χ4v) is 1.09. The van der Waals surface area contributed by atoms with E-state index >= 15 is 0 Å². The van der Waals surface area contributed by atoms with Gasteiger partial charge in [0.15, 0.2) is 0 Å². The molecule has 0 saturated carbocycles. The average Bonchev–Trinajstić information content (AvgIpc) is 2.03. The van der Waals surface area contributed by atoms with Crippen LogP contribution in [0.5, 0.6) is 0 Å². The van der Waals surface area contributed by atoms with Crippen LogP contribution in [-0.2, 0) is 6.42 Å². The maximum Gasteiger partial charge on any atom is 0.0490 e. The minimum absolute atomic E-state index is 1.03. The van der Waals surface area contributed by atoms with Gasteiger partial charge in [-0.15, -0.1) is 0 Å². The van der Waals surface area contributed by atoms with Crippen LogP contribution in [0.3, 0.4) is 0 Å². The van der Waals surface area contributed by atoms with Gasteiger partial charge >= 0.3 is 0 Å². The van der Waals surface area contributed by atoms with Crippen LogP contribution in [0.4, 0.5) is 0 Å². The molecule has 2 heteroatoms. The molecule has 10 heavy (non-hydrogen) atoms. The van der Waals surface area contributed by atoms with Crippen LogP contribution in [0, 0.1) is 6.07 Å². The van der Waals surface area contributed by atoms with Gasteiger partial charge in [0.25, 0.3) is 0 Å². The number of hydrogen-bond acceptors (Lipinski definition) is 2. The van der Waals surface area contributed by atoms with Gasteiger partial charge in [-0.3, -0.25) is 4.98 Å². The minimum Gasteiger partial charge on any atom is -0.261 e. The summed E-state index contributed by atoms with van der Waals surface area (Å²) in [6.07, 6.45) is 4.94. The van der Waals surface area contributed by atoms with Crippen LogP contribution in [0.15, 0.2) is 18.3 Å². The van der Waals surface area contributed by atoms with Gasteiger partial charge in [0.2, 0.25) is 0 Å². The molecule has 0 amide bonds. The van der Waals surface area contributed by atoms with Crippen LogP contribution in [0.2, 0.25) is 0 Å². The van der Waals surface area contributed by atoms with Gasteiger partial charge in [-0.2, -0.15) is 11.8 Å². The van der Waals surface area contributed by atoms with E-state index in [0.29, 0.717) is 0 Å². The molecular weight excluding hydrogens is 142 g/mol. The molecule has 1 aromatic rings. The normalized spacial score (nSPS) is 9.70. The zero-order chi connectivity index (χ0) is 7.23. The molecule has 0 aliphatic heterocycles. The second-order valence-corrected chi connectivity index (χ2v) is 2.96. The maximum atomic E-state index is 4.15. The van der Waals surface area contributed by atoms with Gasteiger partial charge in [-0.05, 0) is 24.5 Å². The largest absolute Gasteiger partial charge is 0.261 e. The highest BCUT2D eigenvalue weighted by molar-refractivity contribution is 7.98. The monoisotopic (exact) mass is 152 g/mol. The average molecular weight is 152 g/mol. The fraction of sp³-hybridized carbons (Fsp3) is 0.375. The summed E-state index contributed by atoms with van der Waals surface area (Å²) < 4.78 is 0. The number of nitrogens with zero attached hydrogens (tertiary/aromatic N) is 1. The highest BCUT2D eigenvalue weighted by atomic mass is 32.2. The SMILES string of the molecule is CSCCc1[c]cccn1. The molecule has 53 valence electrons. The molecular formula is C8H10NS. The van der Waals surface area contributed by atoms with E-state index in [9.17, 15) is 0 Å². The molecule has 0 saturated heterocycles. The minimum atomic E-state index is 1.03. The Morgan fingerprint density at radius 1 is 1.70 bits per heavy atom.